The van der Waals surface area contributed by atoms with Crippen molar-refractivity contribution in [3.05, 3.63) is 45.5 Å². The summed E-state index contributed by atoms with van der Waals surface area (Å²) in [6.45, 7) is 3.32. The van der Waals surface area contributed by atoms with E-state index in [9.17, 15) is 22.8 Å². The molecule has 1 fully saturated rings. The van der Waals surface area contributed by atoms with Gasteiger partial charge in [0, 0.05) is 31.8 Å². The molecule has 134 valence electrons. The van der Waals surface area contributed by atoms with Gasteiger partial charge in [-0.3, -0.25) is 9.59 Å². The molecular weight excluding hydrogens is 337 g/mol. The van der Waals surface area contributed by atoms with E-state index in [1.54, 1.807) is 6.92 Å². The number of fused-ring (bicyclic) bond motifs is 1. The number of nitrogens with zero attached hydrogens (tertiary/aromatic N) is 1. The molecule has 1 saturated heterocycles. The maximum atomic E-state index is 14.1. The number of amides is 1. The van der Waals surface area contributed by atoms with Gasteiger partial charge in [0.05, 0.1) is 17.5 Å². The molecule has 2 aromatic rings. The van der Waals surface area contributed by atoms with E-state index in [0.29, 0.717) is 25.8 Å². The van der Waals surface area contributed by atoms with E-state index in [-0.39, 0.29) is 28.9 Å². The zero-order valence-corrected chi connectivity index (χ0v) is 13.6. The number of aromatic nitrogens is 1. The standard InChI is InChI=1S/C17H17F3N2O3/c1-2-22-7-11(17(24)21-6-9-3-4-25-8-9)16(23)10-5-12(18)13(19)14(20)15(10)22/h5,7,9H,2-4,6,8H2,1H3,(H,21,24)/t9-/m1/s1. The highest BCUT2D eigenvalue weighted by Gasteiger charge is 2.23. The first-order chi connectivity index (χ1) is 11.9. The average molecular weight is 354 g/mol. The number of nitrogens with one attached hydrogen (secondary N) is 1. The Morgan fingerprint density at radius 1 is 1.36 bits per heavy atom. The van der Waals surface area contributed by atoms with Gasteiger partial charge in [0.15, 0.2) is 17.5 Å². The average Bonchev–Trinajstić information content (AvgIpc) is 3.12. The molecular formula is C17H17F3N2O3. The van der Waals surface area contributed by atoms with Crippen molar-refractivity contribution < 1.29 is 22.7 Å². The Hall–Kier alpha value is -2.35. The number of halogens is 3. The van der Waals surface area contributed by atoms with Gasteiger partial charge in [0.25, 0.3) is 5.91 Å². The first-order valence-electron chi connectivity index (χ1n) is 8.00. The van der Waals surface area contributed by atoms with Crippen LogP contribution in [0.5, 0.6) is 0 Å². The van der Waals surface area contributed by atoms with Crippen LogP contribution in [0.2, 0.25) is 0 Å². The topological polar surface area (TPSA) is 60.3 Å². The van der Waals surface area contributed by atoms with E-state index in [2.05, 4.69) is 5.32 Å². The summed E-state index contributed by atoms with van der Waals surface area (Å²) < 4.78 is 47.6. The molecule has 3 rings (SSSR count). The van der Waals surface area contributed by atoms with Crippen molar-refractivity contribution in [2.45, 2.75) is 19.9 Å². The molecule has 0 aliphatic carbocycles. The van der Waals surface area contributed by atoms with E-state index < -0.39 is 28.8 Å². The van der Waals surface area contributed by atoms with Gasteiger partial charge in [0.2, 0.25) is 5.43 Å². The van der Waals surface area contributed by atoms with Gasteiger partial charge in [-0.25, -0.2) is 13.2 Å². The Morgan fingerprint density at radius 2 is 2.12 bits per heavy atom. The van der Waals surface area contributed by atoms with Crippen LogP contribution in [0.1, 0.15) is 23.7 Å². The number of hydrogen-bond donors (Lipinski definition) is 1. The molecule has 1 N–H and O–H groups in total. The summed E-state index contributed by atoms with van der Waals surface area (Å²) in [5.74, 6) is -5.02. The number of aryl methyl sites for hydroxylation is 1. The van der Waals surface area contributed by atoms with E-state index in [0.717, 1.165) is 6.42 Å². The van der Waals surface area contributed by atoms with Crippen molar-refractivity contribution >= 4 is 16.8 Å². The van der Waals surface area contributed by atoms with Crippen LogP contribution in [0.15, 0.2) is 17.1 Å². The minimum absolute atomic E-state index is 0.168. The van der Waals surface area contributed by atoms with Crippen LogP contribution < -0.4 is 10.7 Å². The fourth-order valence-corrected chi connectivity index (χ4v) is 2.95. The molecule has 0 radical (unpaired) electrons. The number of hydrogen-bond acceptors (Lipinski definition) is 3. The molecule has 5 nitrogen and oxygen atoms in total. The van der Waals surface area contributed by atoms with Crippen molar-refractivity contribution in [1.29, 1.82) is 0 Å². The summed E-state index contributed by atoms with van der Waals surface area (Å²) >= 11 is 0. The molecule has 25 heavy (non-hydrogen) atoms. The van der Waals surface area contributed by atoms with Crippen LogP contribution in [-0.2, 0) is 11.3 Å². The zero-order valence-electron chi connectivity index (χ0n) is 13.6. The highest BCUT2D eigenvalue weighted by Crippen LogP contribution is 2.22. The Balaban J connectivity index is 2.04. The van der Waals surface area contributed by atoms with Crippen molar-refractivity contribution in [2.75, 3.05) is 19.8 Å². The third-order valence-electron chi connectivity index (χ3n) is 4.36. The molecule has 0 saturated carbocycles. The number of rotatable bonds is 4. The van der Waals surface area contributed by atoms with Crippen molar-refractivity contribution in [2.24, 2.45) is 5.92 Å². The molecule has 1 aromatic heterocycles. The summed E-state index contributed by atoms with van der Waals surface area (Å²) in [5.41, 5.74) is -1.43. The van der Waals surface area contributed by atoms with E-state index in [4.69, 9.17) is 4.74 Å². The molecule has 0 spiro atoms. The van der Waals surface area contributed by atoms with E-state index in [1.165, 1.54) is 10.8 Å². The van der Waals surface area contributed by atoms with Crippen molar-refractivity contribution in [1.82, 2.24) is 9.88 Å². The lowest BCUT2D eigenvalue weighted by atomic mass is 10.1. The van der Waals surface area contributed by atoms with Crippen molar-refractivity contribution in [3.63, 3.8) is 0 Å². The SMILES string of the molecule is CCn1cc(C(=O)NC[C@H]2CCOC2)c(=O)c2cc(F)c(F)c(F)c21. The highest BCUT2D eigenvalue weighted by atomic mass is 19.2. The summed E-state index contributed by atoms with van der Waals surface area (Å²) in [5, 5.41) is 2.28. The van der Waals surface area contributed by atoms with Gasteiger partial charge >= 0.3 is 0 Å². The number of carbonyl (C=O) groups is 1. The van der Waals surface area contributed by atoms with E-state index in [1.807, 2.05) is 0 Å². The summed E-state index contributed by atoms with van der Waals surface area (Å²) in [6, 6.07) is 0.629. The number of benzene rings is 1. The molecule has 1 aromatic carbocycles. The quantitative estimate of drug-likeness (QED) is 0.857. The van der Waals surface area contributed by atoms with Crippen LogP contribution in [0.25, 0.3) is 10.9 Å². The molecule has 1 atom stereocenters. The summed E-state index contributed by atoms with van der Waals surface area (Å²) in [4.78, 5) is 24.8. The second-order valence-corrected chi connectivity index (χ2v) is 5.98. The smallest absolute Gasteiger partial charge is 0.256 e. The molecule has 1 amide bonds. The zero-order chi connectivity index (χ0) is 18.1. The first-order valence-corrected chi connectivity index (χ1v) is 8.00. The normalized spacial score (nSPS) is 17.2. The molecule has 2 heterocycles. The largest absolute Gasteiger partial charge is 0.381 e. The lowest BCUT2D eigenvalue weighted by Crippen LogP contribution is -2.33. The number of pyridine rings is 1. The maximum absolute atomic E-state index is 14.1. The van der Waals surface area contributed by atoms with Crippen LogP contribution >= 0.6 is 0 Å². The third kappa shape index (κ3) is 3.13. The third-order valence-corrected chi connectivity index (χ3v) is 4.36. The Morgan fingerprint density at radius 3 is 2.76 bits per heavy atom. The Labute approximate surface area is 141 Å². The van der Waals surface area contributed by atoms with Gasteiger partial charge in [0.1, 0.15) is 5.56 Å². The maximum Gasteiger partial charge on any atom is 0.256 e. The molecule has 1 aliphatic rings. The van der Waals surface area contributed by atoms with E-state index >= 15 is 0 Å². The number of carbonyl (C=O) groups excluding carboxylic acids is 1. The molecule has 1 aliphatic heterocycles. The minimum atomic E-state index is -1.65. The second-order valence-electron chi connectivity index (χ2n) is 5.98. The monoisotopic (exact) mass is 354 g/mol. The van der Waals surface area contributed by atoms with Gasteiger partial charge < -0.3 is 14.6 Å². The van der Waals surface area contributed by atoms with Crippen LogP contribution in [0.4, 0.5) is 13.2 Å². The minimum Gasteiger partial charge on any atom is -0.381 e. The number of ether oxygens (including phenoxy) is 1. The van der Waals surface area contributed by atoms with Gasteiger partial charge in [-0.2, -0.15) is 0 Å². The van der Waals surface area contributed by atoms with Gasteiger partial charge in [-0.1, -0.05) is 0 Å². The lowest BCUT2D eigenvalue weighted by Gasteiger charge is -2.14. The molecule has 0 unspecified atom stereocenters. The predicted molar refractivity (Wildman–Crippen MR) is 85.0 cm³/mol. The van der Waals surface area contributed by atoms with Crippen molar-refractivity contribution in [3.8, 4) is 0 Å². The van der Waals surface area contributed by atoms with Gasteiger partial charge in [-0.05, 0) is 19.4 Å². The Bertz CT molecular complexity index is 889. The first kappa shape index (κ1) is 17.5. The molecule has 8 heteroatoms. The highest BCUT2D eigenvalue weighted by molar-refractivity contribution is 5.97. The van der Waals surface area contributed by atoms with Crippen LogP contribution in [-0.4, -0.2) is 30.2 Å². The predicted octanol–water partition coefficient (Wildman–Crippen LogP) is 2.21. The fourth-order valence-electron chi connectivity index (χ4n) is 2.95. The second kappa shape index (κ2) is 6.87. The summed E-state index contributed by atoms with van der Waals surface area (Å²) in [7, 11) is 0. The summed E-state index contributed by atoms with van der Waals surface area (Å²) in [6.07, 6.45) is 1.98. The van der Waals surface area contributed by atoms with Crippen LogP contribution in [0, 0.1) is 23.4 Å². The molecule has 0 bridgehead atoms. The fraction of sp³-hybridized carbons (Fsp3) is 0.412. The van der Waals surface area contributed by atoms with Gasteiger partial charge in [-0.15, -0.1) is 0 Å². The van der Waals surface area contributed by atoms with Crippen LogP contribution in [0.3, 0.4) is 0 Å². The lowest BCUT2D eigenvalue weighted by molar-refractivity contribution is 0.0943. The Kier molecular flexibility index (Phi) is 4.80.